The summed E-state index contributed by atoms with van der Waals surface area (Å²) < 4.78 is 4.99. The van der Waals surface area contributed by atoms with Gasteiger partial charge in [0.2, 0.25) is 0 Å². The minimum absolute atomic E-state index is 1.12. The summed E-state index contributed by atoms with van der Waals surface area (Å²) in [5.74, 6) is 0. The van der Waals surface area contributed by atoms with E-state index in [9.17, 15) is 0 Å². The summed E-state index contributed by atoms with van der Waals surface area (Å²) in [6, 6.07) is 79.3. The number of fused-ring (bicyclic) bond motifs is 6. The molecule has 9 aromatic carbocycles. The van der Waals surface area contributed by atoms with Crippen LogP contribution in [0.5, 0.6) is 0 Å². The monoisotopic (exact) mass is 744 g/mol. The number of rotatable bonds is 7. The van der Waals surface area contributed by atoms with Crippen molar-refractivity contribution < 1.29 is 0 Å². The van der Waals surface area contributed by atoms with E-state index in [1.54, 1.807) is 0 Å². The molecule has 268 valence electrons. The molecule has 11 aromatic rings. The van der Waals surface area contributed by atoms with Crippen LogP contribution in [0.25, 0.3) is 81.0 Å². The van der Waals surface area contributed by atoms with E-state index in [0.717, 1.165) is 17.1 Å². The molecule has 0 saturated carbocycles. The average Bonchev–Trinajstić information content (AvgIpc) is 3.84. The van der Waals surface area contributed by atoms with Gasteiger partial charge in [-0.05, 0) is 94.0 Å². The minimum Gasteiger partial charge on any atom is -0.309 e. The van der Waals surface area contributed by atoms with Crippen molar-refractivity contribution in [3.8, 4) is 39.1 Å². The van der Waals surface area contributed by atoms with Crippen LogP contribution in [0.2, 0.25) is 0 Å². The molecule has 57 heavy (non-hydrogen) atoms. The lowest BCUT2D eigenvalue weighted by atomic mass is 10.0. The van der Waals surface area contributed by atoms with Crippen molar-refractivity contribution in [2.24, 2.45) is 0 Å². The number of hydrogen-bond acceptors (Lipinski definition) is 2. The quantitative estimate of drug-likeness (QED) is 0.158. The number of nitrogens with zero attached hydrogens (tertiary/aromatic N) is 2. The molecule has 2 heterocycles. The molecule has 0 N–H and O–H groups in total. The lowest BCUT2D eigenvalue weighted by molar-refractivity contribution is 1.18. The van der Waals surface area contributed by atoms with Gasteiger partial charge in [-0.1, -0.05) is 158 Å². The van der Waals surface area contributed by atoms with Crippen LogP contribution in [0.3, 0.4) is 0 Å². The number of benzene rings is 9. The zero-order valence-corrected chi connectivity index (χ0v) is 31.9. The molecular formula is C54H36N2S. The van der Waals surface area contributed by atoms with Gasteiger partial charge in [0.05, 0.1) is 21.4 Å². The molecule has 3 heteroatoms. The molecule has 0 saturated heterocycles. The summed E-state index contributed by atoms with van der Waals surface area (Å²) in [6.07, 6.45) is 0. The van der Waals surface area contributed by atoms with Crippen molar-refractivity contribution in [2.75, 3.05) is 4.90 Å². The van der Waals surface area contributed by atoms with Gasteiger partial charge in [-0.3, -0.25) is 0 Å². The van der Waals surface area contributed by atoms with Crippen LogP contribution in [0.1, 0.15) is 0 Å². The smallest absolute Gasteiger partial charge is 0.0640 e. The van der Waals surface area contributed by atoms with E-state index in [1.807, 2.05) is 11.3 Å². The van der Waals surface area contributed by atoms with Crippen LogP contribution < -0.4 is 4.90 Å². The van der Waals surface area contributed by atoms with Crippen LogP contribution >= 0.6 is 11.3 Å². The molecule has 0 fully saturated rings. The molecule has 0 bridgehead atoms. The third kappa shape index (κ3) is 5.80. The van der Waals surface area contributed by atoms with E-state index in [0.29, 0.717) is 0 Å². The molecule has 0 aliphatic rings. The van der Waals surface area contributed by atoms with Gasteiger partial charge in [-0.15, -0.1) is 11.3 Å². The van der Waals surface area contributed by atoms with Crippen molar-refractivity contribution in [3.63, 3.8) is 0 Å². The molecule has 0 amide bonds. The second-order valence-corrected chi connectivity index (χ2v) is 15.6. The predicted molar refractivity (Wildman–Crippen MR) is 245 cm³/mol. The highest BCUT2D eigenvalue weighted by Crippen LogP contribution is 2.45. The Hall–Kier alpha value is -7.20. The van der Waals surface area contributed by atoms with Gasteiger partial charge in [-0.2, -0.15) is 0 Å². The van der Waals surface area contributed by atoms with E-state index >= 15 is 0 Å². The third-order valence-corrected chi connectivity index (χ3v) is 12.4. The molecule has 0 aliphatic heterocycles. The van der Waals surface area contributed by atoms with Crippen LogP contribution in [-0.4, -0.2) is 4.57 Å². The molecule has 2 aromatic heterocycles. The Balaban J connectivity index is 1.01. The Kier molecular flexibility index (Phi) is 8.04. The van der Waals surface area contributed by atoms with E-state index in [4.69, 9.17) is 0 Å². The summed E-state index contributed by atoms with van der Waals surface area (Å²) >= 11 is 1.86. The zero-order chi connectivity index (χ0) is 37.7. The molecule has 0 spiro atoms. The zero-order valence-electron chi connectivity index (χ0n) is 31.1. The van der Waals surface area contributed by atoms with E-state index in [2.05, 4.69) is 228 Å². The first-order chi connectivity index (χ1) is 28.3. The normalized spacial score (nSPS) is 11.5. The Morgan fingerprint density at radius 3 is 1.49 bits per heavy atom. The molecular weight excluding hydrogens is 709 g/mol. The highest BCUT2D eigenvalue weighted by Gasteiger charge is 2.19. The molecule has 0 atom stereocenters. The number of aromatic nitrogens is 1. The first-order valence-corrected chi connectivity index (χ1v) is 20.2. The molecule has 11 rings (SSSR count). The van der Waals surface area contributed by atoms with Crippen molar-refractivity contribution in [1.29, 1.82) is 0 Å². The van der Waals surface area contributed by atoms with Crippen LogP contribution in [-0.2, 0) is 0 Å². The summed E-state index contributed by atoms with van der Waals surface area (Å²) in [5.41, 5.74) is 14.2. The molecule has 2 nitrogen and oxygen atoms in total. The predicted octanol–water partition coefficient (Wildman–Crippen LogP) is 15.6. The summed E-state index contributed by atoms with van der Waals surface area (Å²) in [4.78, 5) is 2.41. The largest absolute Gasteiger partial charge is 0.309 e. The molecule has 0 unspecified atom stereocenters. The first kappa shape index (κ1) is 33.2. The Morgan fingerprint density at radius 1 is 0.333 bits per heavy atom. The molecule has 0 radical (unpaired) electrons. The van der Waals surface area contributed by atoms with Crippen molar-refractivity contribution in [1.82, 2.24) is 4.57 Å². The Labute approximate surface area is 335 Å². The van der Waals surface area contributed by atoms with Crippen molar-refractivity contribution in [3.05, 3.63) is 218 Å². The van der Waals surface area contributed by atoms with Gasteiger partial charge in [0, 0.05) is 43.3 Å². The van der Waals surface area contributed by atoms with Gasteiger partial charge in [0.25, 0.3) is 0 Å². The lowest BCUT2D eigenvalue weighted by Gasteiger charge is -2.26. The maximum absolute atomic E-state index is 2.41. The van der Waals surface area contributed by atoms with Crippen molar-refractivity contribution in [2.45, 2.75) is 0 Å². The minimum atomic E-state index is 1.12. The second-order valence-electron chi connectivity index (χ2n) is 14.5. The van der Waals surface area contributed by atoms with Crippen LogP contribution in [0.15, 0.2) is 218 Å². The van der Waals surface area contributed by atoms with Crippen LogP contribution in [0, 0.1) is 0 Å². The van der Waals surface area contributed by atoms with Gasteiger partial charge in [0.15, 0.2) is 0 Å². The Morgan fingerprint density at radius 2 is 0.825 bits per heavy atom. The topological polar surface area (TPSA) is 8.17 Å². The summed E-state index contributed by atoms with van der Waals surface area (Å²) in [6.45, 7) is 0. The number of anilines is 3. The van der Waals surface area contributed by atoms with Gasteiger partial charge < -0.3 is 9.47 Å². The fraction of sp³-hybridized carbons (Fsp3) is 0. The van der Waals surface area contributed by atoms with E-state index in [1.165, 1.54) is 81.0 Å². The van der Waals surface area contributed by atoms with Gasteiger partial charge >= 0.3 is 0 Å². The fourth-order valence-corrected chi connectivity index (χ4v) is 9.64. The van der Waals surface area contributed by atoms with Gasteiger partial charge in [-0.25, -0.2) is 0 Å². The number of para-hydroxylation sites is 1. The average molecular weight is 745 g/mol. The first-order valence-electron chi connectivity index (χ1n) is 19.4. The van der Waals surface area contributed by atoms with E-state index < -0.39 is 0 Å². The van der Waals surface area contributed by atoms with Crippen molar-refractivity contribution >= 4 is 70.4 Å². The van der Waals surface area contributed by atoms with E-state index in [-0.39, 0.29) is 0 Å². The fourth-order valence-electron chi connectivity index (χ4n) is 8.43. The number of thiophene rings is 1. The number of hydrogen-bond donors (Lipinski definition) is 0. The lowest BCUT2D eigenvalue weighted by Crippen LogP contribution is -2.10. The maximum Gasteiger partial charge on any atom is 0.0640 e. The maximum atomic E-state index is 2.41. The Bertz CT molecular complexity index is 3200. The standard InChI is InChI=1S/C54H36N2S/c1-3-12-37(13-4-1)39-22-29-43(30-23-39)55(51-20-11-18-49-48-17-8-10-21-53(48)57-54(49)51)44-31-26-41(27-32-44)42-28-35-47-46-16-7-9-19-50(46)56(52(47)36-42)45-33-24-40(25-34-45)38-14-5-2-6-15-38/h1-36H. The van der Waals surface area contributed by atoms with Gasteiger partial charge in [0.1, 0.15) is 0 Å². The summed E-state index contributed by atoms with van der Waals surface area (Å²) in [7, 11) is 0. The second kappa shape index (κ2) is 13.8. The SMILES string of the molecule is c1ccc(-c2ccc(N(c3ccc(-c4ccc5c6ccccc6n(-c6ccc(-c7ccccc7)cc6)c5c4)cc3)c3cccc4c3sc3ccccc34)cc2)cc1. The van der Waals surface area contributed by atoms with Crippen LogP contribution in [0.4, 0.5) is 17.1 Å². The summed E-state index contributed by atoms with van der Waals surface area (Å²) in [5, 5.41) is 5.09. The highest BCUT2D eigenvalue weighted by molar-refractivity contribution is 7.26. The third-order valence-electron chi connectivity index (χ3n) is 11.2. The molecule has 0 aliphatic carbocycles. The highest BCUT2D eigenvalue weighted by atomic mass is 32.1.